The molecule has 3 aromatic carbocycles. The lowest BCUT2D eigenvalue weighted by Gasteiger charge is -2.20. The SMILES string of the molecule is O=C1c2ccccc2/C(=N\N=C/c2ccco2)[C@H]1C(=O)C(c1ccccc1)c1ccccc1. The number of fused-ring (bicyclic) bond motifs is 1. The Morgan fingerprint density at radius 1 is 0.788 bits per heavy atom. The molecule has 0 fully saturated rings. The van der Waals surface area contributed by atoms with Crippen LogP contribution in [0.5, 0.6) is 0 Å². The van der Waals surface area contributed by atoms with E-state index in [-0.39, 0.29) is 11.6 Å². The highest BCUT2D eigenvalue weighted by Gasteiger charge is 2.44. The van der Waals surface area contributed by atoms with Crippen molar-refractivity contribution in [2.24, 2.45) is 16.1 Å². The third-order valence-electron chi connectivity index (χ3n) is 5.73. The second-order valence-corrected chi connectivity index (χ2v) is 7.74. The number of hydrogen-bond donors (Lipinski definition) is 0. The van der Waals surface area contributed by atoms with Crippen molar-refractivity contribution in [1.82, 2.24) is 0 Å². The Morgan fingerprint density at radius 2 is 1.39 bits per heavy atom. The van der Waals surface area contributed by atoms with Gasteiger partial charge < -0.3 is 4.42 Å². The van der Waals surface area contributed by atoms with Crippen LogP contribution < -0.4 is 0 Å². The van der Waals surface area contributed by atoms with Crippen molar-refractivity contribution in [2.45, 2.75) is 5.92 Å². The Balaban J connectivity index is 1.60. The van der Waals surface area contributed by atoms with E-state index in [2.05, 4.69) is 10.2 Å². The number of benzene rings is 3. The number of nitrogens with zero attached hydrogens (tertiary/aromatic N) is 2. The van der Waals surface area contributed by atoms with Gasteiger partial charge in [-0.25, -0.2) is 0 Å². The average molecular weight is 432 g/mol. The lowest BCUT2D eigenvalue weighted by molar-refractivity contribution is -0.120. The van der Waals surface area contributed by atoms with E-state index in [1.54, 1.807) is 30.5 Å². The monoisotopic (exact) mass is 432 g/mol. The highest BCUT2D eigenvalue weighted by Crippen LogP contribution is 2.35. The van der Waals surface area contributed by atoms with Gasteiger partial charge in [0.05, 0.1) is 24.1 Å². The van der Waals surface area contributed by atoms with Gasteiger partial charge in [-0.2, -0.15) is 10.2 Å². The molecule has 33 heavy (non-hydrogen) atoms. The standard InChI is InChI=1S/C28H20N2O3/c31-27-23-16-8-7-15-22(23)26(30-29-18-21-14-9-17-33-21)25(27)28(32)24(19-10-3-1-4-11-19)20-12-5-2-6-13-20/h1-18,24-25H/b29-18-,30-26+/t25-/m1/s1. The molecule has 1 aliphatic rings. The molecule has 0 spiro atoms. The zero-order chi connectivity index (χ0) is 22.6. The fourth-order valence-electron chi connectivity index (χ4n) is 4.22. The Hall–Kier alpha value is -4.38. The molecule has 0 saturated heterocycles. The minimum Gasteiger partial charge on any atom is -0.463 e. The fourth-order valence-corrected chi connectivity index (χ4v) is 4.22. The number of hydrogen-bond acceptors (Lipinski definition) is 5. The zero-order valence-electron chi connectivity index (χ0n) is 17.7. The van der Waals surface area contributed by atoms with E-state index < -0.39 is 11.8 Å². The Morgan fingerprint density at radius 3 is 2.00 bits per heavy atom. The first kappa shape index (κ1) is 20.5. The first-order valence-corrected chi connectivity index (χ1v) is 10.7. The van der Waals surface area contributed by atoms with Crippen LogP contribution in [0.4, 0.5) is 0 Å². The van der Waals surface area contributed by atoms with Crippen LogP contribution in [0, 0.1) is 5.92 Å². The number of carbonyl (C=O) groups excluding carboxylic acids is 2. The largest absolute Gasteiger partial charge is 0.463 e. The van der Waals surface area contributed by atoms with Gasteiger partial charge in [-0.1, -0.05) is 84.9 Å². The van der Waals surface area contributed by atoms with Crippen molar-refractivity contribution in [2.75, 3.05) is 0 Å². The number of rotatable bonds is 6. The predicted molar refractivity (Wildman–Crippen MR) is 127 cm³/mol. The molecule has 1 aliphatic carbocycles. The van der Waals surface area contributed by atoms with E-state index in [0.29, 0.717) is 22.6 Å². The minimum atomic E-state index is -1.04. The van der Waals surface area contributed by atoms with E-state index in [4.69, 9.17) is 4.42 Å². The molecule has 0 saturated carbocycles. The second-order valence-electron chi connectivity index (χ2n) is 7.74. The first-order chi connectivity index (χ1) is 16.2. The maximum Gasteiger partial charge on any atom is 0.180 e. The lowest BCUT2D eigenvalue weighted by atomic mass is 9.80. The van der Waals surface area contributed by atoms with Crippen LogP contribution >= 0.6 is 0 Å². The van der Waals surface area contributed by atoms with Gasteiger partial charge in [-0.3, -0.25) is 9.59 Å². The topological polar surface area (TPSA) is 72.0 Å². The van der Waals surface area contributed by atoms with Gasteiger partial charge in [0.1, 0.15) is 11.7 Å². The second kappa shape index (κ2) is 9.01. The Bertz CT molecular complexity index is 1300. The molecule has 0 unspecified atom stereocenters. The molecule has 4 aromatic rings. The van der Waals surface area contributed by atoms with Crippen LogP contribution in [0.2, 0.25) is 0 Å². The van der Waals surface area contributed by atoms with Gasteiger partial charge in [0.25, 0.3) is 0 Å². The van der Waals surface area contributed by atoms with Crippen LogP contribution in [-0.4, -0.2) is 23.5 Å². The van der Waals surface area contributed by atoms with Crippen molar-refractivity contribution in [3.63, 3.8) is 0 Å². The predicted octanol–water partition coefficient (Wildman–Crippen LogP) is 5.32. The number of carbonyl (C=O) groups is 2. The quantitative estimate of drug-likeness (QED) is 0.235. The van der Waals surface area contributed by atoms with Crippen LogP contribution in [0.3, 0.4) is 0 Å². The summed E-state index contributed by atoms with van der Waals surface area (Å²) >= 11 is 0. The summed E-state index contributed by atoms with van der Waals surface area (Å²) < 4.78 is 5.26. The van der Waals surface area contributed by atoms with Gasteiger partial charge in [0.15, 0.2) is 11.6 Å². The average Bonchev–Trinajstić information content (AvgIpc) is 3.47. The summed E-state index contributed by atoms with van der Waals surface area (Å²) in [4.78, 5) is 27.5. The molecule has 5 heteroatoms. The Kier molecular flexibility index (Phi) is 5.60. The maximum absolute atomic E-state index is 14.1. The molecule has 160 valence electrons. The summed E-state index contributed by atoms with van der Waals surface area (Å²) in [5.41, 5.74) is 3.15. The molecule has 1 aromatic heterocycles. The van der Waals surface area contributed by atoms with Crippen molar-refractivity contribution in [3.8, 4) is 0 Å². The molecule has 0 amide bonds. The molecule has 0 N–H and O–H groups in total. The molecule has 5 nitrogen and oxygen atoms in total. The van der Waals surface area contributed by atoms with Crippen molar-refractivity contribution in [1.29, 1.82) is 0 Å². The summed E-state index contributed by atoms with van der Waals surface area (Å²) in [6.07, 6.45) is 3.01. The summed E-state index contributed by atoms with van der Waals surface area (Å²) in [6.45, 7) is 0. The van der Waals surface area contributed by atoms with E-state index in [1.165, 1.54) is 6.21 Å². The molecule has 0 aliphatic heterocycles. The highest BCUT2D eigenvalue weighted by atomic mass is 16.3. The summed E-state index contributed by atoms with van der Waals surface area (Å²) in [6, 6.07) is 29.7. The summed E-state index contributed by atoms with van der Waals surface area (Å²) in [5, 5.41) is 8.48. The number of furan rings is 1. The molecular weight excluding hydrogens is 412 g/mol. The smallest absolute Gasteiger partial charge is 0.180 e. The van der Waals surface area contributed by atoms with Crippen molar-refractivity contribution < 1.29 is 14.0 Å². The Labute approximate surface area is 191 Å². The third kappa shape index (κ3) is 3.96. The molecule has 0 radical (unpaired) electrons. The van der Waals surface area contributed by atoms with Gasteiger partial charge in [0, 0.05) is 11.1 Å². The van der Waals surface area contributed by atoms with Crippen molar-refractivity contribution in [3.05, 3.63) is 131 Å². The normalized spacial score (nSPS) is 16.6. The molecule has 5 rings (SSSR count). The summed E-state index contributed by atoms with van der Waals surface area (Å²) in [5.74, 6) is -1.58. The van der Waals surface area contributed by atoms with Crippen LogP contribution in [-0.2, 0) is 4.79 Å². The maximum atomic E-state index is 14.1. The van der Waals surface area contributed by atoms with Gasteiger partial charge >= 0.3 is 0 Å². The van der Waals surface area contributed by atoms with Crippen LogP contribution in [0.1, 0.15) is 38.7 Å². The molecule has 1 heterocycles. The van der Waals surface area contributed by atoms with Gasteiger partial charge in [-0.05, 0) is 23.3 Å². The molecule has 0 bridgehead atoms. The molecule has 1 atom stereocenters. The summed E-state index contributed by atoms with van der Waals surface area (Å²) in [7, 11) is 0. The first-order valence-electron chi connectivity index (χ1n) is 10.7. The third-order valence-corrected chi connectivity index (χ3v) is 5.73. The fraction of sp³-hybridized carbons (Fsp3) is 0.0714. The van der Waals surface area contributed by atoms with E-state index in [9.17, 15) is 9.59 Å². The van der Waals surface area contributed by atoms with Crippen LogP contribution in [0.25, 0.3) is 0 Å². The van der Waals surface area contributed by atoms with E-state index in [1.807, 2.05) is 72.8 Å². The number of Topliss-reactive ketones (excluding diaryl/α,β-unsaturated/α-hetero) is 2. The van der Waals surface area contributed by atoms with E-state index >= 15 is 0 Å². The van der Waals surface area contributed by atoms with Gasteiger partial charge in [0.2, 0.25) is 0 Å². The lowest BCUT2D eigenvalue weighted by Crippen LogP contribution is -2.31. The number of ketones is 2. The van der Waals surface area contributed by atoms with Crippen LogP contribution in [0.15, 0.2) is 118 Å². The highest BCUT2D eigenvalue weighted by molar-refractivity contribution is 6.38. The van der Waals surface area contributed by atoms with Gasteiger partial charge in [-0.15, -0.1) is 0 Å². The van der Waals surface area contributed by atoms with E-state index in [0.717, 1.165) is 11.1 Å². The molecular formula is C28H20N2O3. The zero-order valence-corrected chi connectivity index (χ0v) is 17.7. The van der Waals surface area contributed by atoms with Crippen molar-refractivity contribution >= 4 is 23.5 Å². The minimum absolute atomic E-state index is 0.222.